The first kappa shape index (κ1) is 12.2. The summed E-state index contributed by atoms with van der Waals surface area (Å²) in [6.07, 6.45) is 3.96. The molecule has 1 atom stereocenters. The number of hydrogen-bond donors (Lipinski definition) is 1. The number of aliphatic hydroxyl groups excluding tert-OH is 1. The third-order valence-electron chi connectivity index (χ3n) is 3.11. The van der Waals surface area contributed by atoms with Crippen LogP contribution in [0.15, 0.2) is 12.2 Å². The van der Waals surface area contributed by atoms with Crippen molar-refractivity contribution in [3.05, 3.63) is 12.2 Å². The van der Waals surface area contributed by atoms with Crippen molar-refractivity contribution in [2.24, 2.45) is 0 Å². The molecule has 0 fully saturated rings. The van der Waals surface area contributed by atoms with Gasteiger partial charge in [0.1, 0.15) is 0 Å². The molecule has 0 aromatic rings. The van der Waals surface area contributed by atoms with Gasteiger partial charge in [0.2, 0.25) is 0 Å². The predicted octanol–water partition coefficient (Wildman–Crippen LogP) is 2.97. The zero-order valence-corrected chi connectivity index (χ0v) is 10.9. The maximum absolute atomic E-state index is 9.96. The van der Waals surface area contributed by atoms with E-state index >= 15 is 0 Å². The molecule has 0 heterocycles. The van der Waals surface area contributed by atoms with Gasteiger partial charge in [0, 0.05) is 0 Å². The van der Waals surface area contributed by atoms with E-state index in [2.05, 4.69) is 20.8 Å². The van der Waals surface area contributed by atoms with Gasteiger partial charge >= 0.3 is 78.9 Å². The summed E-state index contributed by atoms with van der Waals surface area (Å²) >= 11 is -1.89. The molecule has 0 bridgehead atoms. The number of allylic oxidation sites excluding steroid dienone is 1. The van der Waals surface area contributed by atoms with Gasteiger partial charge in [-0.1, -0.05) is 0 Å². The molecule has 0 aromatic heterocycles. The summed E-state index contributed by atoms with van der Waals surface area (Å²) in [5, 5.41) is 13.7. The van der Waals surface area contributed by atoms with E-state index < -0.39 is 13.3 Å². The van der Waals surface area contributed by atoms with Crippen LogP contribution in [0.1, 0.15) is 27.7 Å². The topological polar surface area (TPSA) is 20.2 Å². The Balaban J connectivity index is 4.46. The van der Waals surface area contributed by atoms with Crippen LogP contribution < -0.4 is 0 Å². The summed E-state index contributed by atoms with van der Waals surface area (Å²) in [7, 11) is 0. The minimum absolute atomic E-state index is 0.0880. The van der Waals surface area contributed by atoms with Crippen LogP contribution in [0.3, 0.4) is 0 Å². The van der Waals surface area contributed by atoms with E-state index in [0.717, 1.165) is 0 Å². The van der Waals surface area contributed by atoms with E-state index in [1.165, 1.54) is 15.8 Å². The van der Waals surface area contributed by atoms with E-state index in [1.807, 2.05) is 19.1 Å². The summed E-state index contributed by atoms with van der Waals surface area (Å²) in [4.78, 5) is -0.0880. The molecule has 1 nitrogen and oxygen atoms in total. The van der Waals surface area contributed by atoms with Gasteiger partial charge in [0.05, 0.1) is 0 Å². The van der Waals surface area contributed by atoms with E-state index in [-0.39, 0.29) is 4.94 Å². The van der Waals surface area contributed by atoms with Crippen molar-refractivity contribution < 1.29 is 5.11 Å². The standard InChI is InChI=1S/C10H22GeO/c1-5-9-10(12)11(6-2,7-3)8-4/h5,9-10,12H,6-8H2,1-4H3/b9-5+. The fraction of sp³-hybridized carbons (Fsp3) is 0.800. The average Bonchev–Trinajstić information content (AvgIpc) is 2.09. The van der Waals surface area contributed by atoms with Crippen LogP contribution in [0, 0.1) is 0 Å². The van der Waals surface area contributed by atoms with Crippen LogP contribution in [0.5, 0.6) is 0 Å². The molecule has 1 N–H and O–H groups in total. The first-order valence-electron chi connectivity index (χ1n) is 4.97. The Morgan fingerprint density at radius 1 is 1.17 bits per heavy atom. The Labute approximate surface area is 79.2 Å². The molecular formula is C10H22GeO. The number of aliphatic hydroxyl groups is 1. The minimum atomic E-state index is -1.89. The molecule has 0 saturated carbocycles. The van der Waals surface area contributed by atoms with E-state index in [0.29, 0.717) is 0 Å². The summed E-state index contributed by atoms with van der Waals surface area (Å²) in [6.45, 7) is 8.69. The third-order valence-corrected chi connectivity index (χ3v) is 15.0. The van der Waals surface area contributed by atoms with Crippen LogP contribution in [0.25, 0.3) is 0 Å². The van der Waals surface area contributed by atoms with Crippen molar-refractivity contribution in [1.82, 2.24) is 0 Å². The van der Waals surface area contributed by atoms with Gasteiger partial charge in [-0.25, -0.2) is 0 Å². The van der Waals surface area contributed by atoms with Gasteiger partial charge in [-0.3, -0.25) is 0 Å². The van der Waals surface area contributed by atoms with Crippen LogP contribution in [0.2, 0.25) is 15.8 Å². The zero-order chi connectivity index (χ0) is 9.61. The second kappa shape index (κ2) is 5.81. The van der Waals surface area contributed by atoms with Gasteiger partial charge in [-0.05, 0) is 0 Å². The molecule has 0 aliphatic rings. The molecule has 0 amide bonds. The Hall–Kier alpha value is 0.243. The molecule has 0 radical (unpaired) electrons. The van der Waals surface area contributed by atoms with Crippen LogP contribution in [-0.4, -0.2) is 23.3 Å². The van der Waals surface area contributed by atoms with Crippen molar-refractivity contribution in [3.63, 3.8) is 0 Å². The van der Waals surface area contributed by atoms with Crippen LogP contribution in [0.4, 0.5) is 0 Å². The monoisotopic (exact) mass is 232 g/mol. The number of hydrogen-bond acceptors (Lipinski definition) is 1. The molecule has 0 aliphatic heterocycles. The Morgan fingerprint density at radius 3 is 1.83 bits per heavy atom. The first-order valence-corrected chi connectivity index (χ1v) is 10.6. The van der Waals surface area contributed by atoms with Crippen molar-refractivity contribution in [1.29, 1.82) is 0 Å². The SMILES string of the molecule is C/C=C/[CH](O)[Ge]([CH2]C)([CH2]C)[CH2]C. The molecule has 1 unspecified atom stereocenters. The summed E-state index contributed by atoms with van der Waals surface area (Å²) in [5.41, 5.74) is 0. The molecule has 12 heavy (non-hydrogen) atoms. The summed E-state index contributed by atoms with van der Waals surface area (Å²) < 4.78 is 0. The molecule has 0 aromatic carbocycles. The molecular weight excluding hydrogens is 209 g/mol. The Morgan fingerprint density at radius 2 is 1.58 bits per heavy atom. The molecule has 0 rings (SSSR count). The number of rotatable bonds is 5. The van der Waals surface area contributed by atoms with Crippen molar-refractivity contribution in [2.45, 2.75) is 48.4 Å². The predicted molar refractivity (Wildman–Crippen MR) is 58.0 cm³/mol. The first-order chi connectivity index (χ1) is 5.66. The zero-order valence-electron chi connectivity index (χ0n) is 8.80. The van der Waals surface area contributed by atoms with Crippen molar-refractivity contribution in [2.75, 3.05) is 0 Å². The molecule has 72 valence electrons. The van der Waals surface area contributed by atoms with Gasteiger partial charge in [-0.15, -0.1) is 0 Å². The summed E-state index contributed by atoms with van der Waals surface area (Å²) in [6, 6.07) is 0. The van der Waals surface area contributed by atoms with Crippen molar-refractivity contribution in [3.8, 4) is 0 Å². The normalized spacial score (nSPS) is 15.4. The second-order valence-electron chi connectivity index (χ2n) is 3.39. The van der Waals surface area contributed by atoms with E-state index in [1.54, 1.807) is 0 Å². The molecule has 0 aliphatic carbocycles. The summed E-state index contributed by atoms with van der Waals surface area (Å²) in [5.74, 6) is 0. The van der Waals surface area contributed by atoms with Crippen LogP contribution in [-0.2, 0) is 0 Å². The quantitative estimate of drug-likeness (QED) is 0.569. The van der Waals surface area contributed by atoms with Crippen LogP contribution >= 0.6 is 0 Å². The fourth-order valence-electron chi connectivity index (χ4n) is 1.76. The molecule has 2 heteroatoms. The van der Waals surface area contributed by atoms with Gasteiger partial charge in [0.25, 0.3) is 0 Å². The second-order valence-corrected chi connectivity index (χ2v) is 14.8. The van der Waals surface area contributed by atoms with E-state index in [9.17, 15) is 5.11 Å². The van der Waals surface area contributed by atoms with Gasteiger partial charge in [-0.2, -0.15) is 0 Å². The average molecular weight is 231 g/mol. The van der Waals surface area contributed by atoms with Gasteiger partial charge in [0.15, 0.2) is 0 Å². The Bertz CT molecular complexity index is 131. The molecule has 0 spiro atoms. The van der Waals surface area contributed by atoms with E-state index in [4.69, 9.17) is 0 Å². The van der Waals surface area contributed by atoms with Gasteiger partial charge < -0.3 is 0 Å². The maximum atomic E-state index is 9.96. The molecule has 0 saturated heterocycles. The Kier molecular flexibility index (Phi) is 5.93. The third kappa shape index (κ3) is 2.63. The fourth-order valence-corrected chi connectivity index (χ4v) is 8.80. The van der Waals surface area contributed by atoms with Crippen molar-refractivity contribution >= 4 is 13.3 Å².